The Morgan fingerprint density at radius 2 is 1.94 bits per heavy atom. The molecule has 1 atom stereocenters. The molecule has 0 aromatic carbocycles. The average molecular weight is 216 g/mol. The highest BCUT2D eigenvalue weighted by Crippen LogP contribution is 2.21. The van der Waals surface area contributed by atoms with E-state index in [0.717, 1.165) is 0 Å². The van der Waals surface area contributed by atoms with Crippen molar-refractivity contribution in [1.29, 1.82) is 0 Å². The Kier molecular flexibility index (Phi) is 2.57. The van der Waals surface area contributed by atoms with Crippen LogP contribution in [0.2, 0.25) is 0 Å². The Balaban J connectivity index is 2.32. The summed E-state index contributed by atoms with van der Waals surface area (Å²) in [4.78, 5) is 25.6. The Morgan fingerprint density at radius 3 is 2.44 bits per heavy atom. The molecule has 0 saturated carbocycles. The van der Waals surface area contributed by atoms with Gasteiger partial charge >= 0.3 is 0 Å². The molecule has 1 unspecified atom stereocenters. The van der Waals surface area contributed by atoms with E-state index in [1.807, 2.05) is 0 Å². The molecule has 0 radical (unpaired) electrons. The second kappa shape index (κ2) is 3.89. The Morgan fingerprint density at radius 1 is 1.31 bits per heavy atom. The van der Waals surface area contributed by atoms with Crippen molar-refractivity contribution in [2.75, 3.05) is 11.4 Å². The molecule has 5 heteroatoms. The monoisotopic (exact) mass is 216 g/mol. The normalized spacial score (nSPS) is 19.9. The van der Waals surface area contributed by atoms with E-state index < -0.39 is 0 Å². The second-order valence-electron chi connectivity index (χ2n) is 3.80. The van der Waals surface area contributed by atoms with Crippen molar-refractivity contribution < 1.29 is 4.79 Å². The number of terminal acetylenes is 1. The lowest BCUT2D eigenvalue weighted by Crippen LogP contribution is -2.27. The fraction of sp³-hybridized carbons (Fsp3) is 0.455. The van der Waals surface area contributed by atoms with Gasteiger partial charge in [-0.1, -0.05) is 0 Å². The Hall–Kier alpha value is -1.96. The minimum atomic E-state index is -0.0372. The van der Waals surface area contributed by atoms with Crippen molar-refractivity contribution in [3.05, 3.63) is 11.6 Å². The van der Waals surface area contributed by atoms with Crippen LogP contribution in [0.15, 0.2) is 0 Å². The number of anilines is 1. The van der Waals surface area contributed by atoms with Crippen molar-refractivity contribution in [2.24, 2.45) is 5.92 Å². The zero-order valence-corrected chi connectivity index (χ0v) is 9.27. The number of hydrogen-bond donors (Lipinski definition) is 0. The van der Waals surface area contributed by atoms with Gasteiger partial charge in [-0.3, -0.25) is 9.69 Å². The van der Waals surface area contributed by atoms with E-state index >= 15 is 0 Å². The number of carbonyl (C=O) groups excluding carboxylic acids is 1. The molecule has 1 aromatic rings. The van der Waals surface area contributed by atoms with E-state index in [1.165, 1.54) is 4.90 Å². The van der Waals surface area contributed by atoms with Crippen molar-refractivity contribution in [3.8, 4) is 12.3 Å². The number of hydrogen-bond acceptors (Lipinski definition) is 4. The quantitative estimate of drug-likeness (QED) is 0.640. The SMILES string of the molecule is C#CC1CC(=O)N(c2nc(C)nc(C)n2)C1. The van der Waals surface area contributed by atoms with Crippen LogP contribution in [0.3, 0.4) is 0 Å². The number of aromatic nitrogens is 3. The van der Waals surface area contributed by atoms with Crippen LogP contribution in [0.4, 0.5) is 5.95 Å². The molecule has 0 aliphatic carbocycles. The second-order valence-corrected chi connectivity index (χ2v) is 3.80. The summed E-state index contributed by atoms with van der Waals surface area (Å²) in [5, 5.41) is 0. The van der Waals surface area contributed by atoms with Crippen LogP contribution in [0.1, 0.15) is 18.1 Å². The molecule has 0 N–H and O–H groups in total. The topological polar surface area (TPSA) is 59.0 Å². The van der Waals surface area contributed by atoms with Crippen LogP contribution in [0, 0.1) is 32.1 Å². The van der Waals surface area contributed by atoms with Gasteiger partial charge in [-0.05, 0) is 13.8 Å². The molecule has 2 heterocycles. The van der Waals surface area contributed by atoms with Gasteiger partial charge in [-0.15, -0.1) is 12.3 Å². The number of carbonyl (C=O) groups is 1. The van der Waals surface area contributed by atoms with Crippen LogP contribution < -0.4 is 4.90 Å². The van der Waals surface area contributed by atoms with Gasteiger partial charge in [-0.25, -0.2) is 4.98 Å². The molecular formula is C11H12N4O. The first kappa shape index (κ1) is 10.6. The van der Waals surface area contributed by atoms with Crippen LogP contribution in [-0.4, -0.2) is 27.4 Å². The molecule has 5 nitrogen and oxygen atoms in total. The van der Waals surface area contributed by atoms with Crippen LogP contribution in [0.25, 0.3) is 0 Å². The third-order valence-electron chi connectivity index (χ3n) is 2.45. The molecule has 1 aliphatic rings. The van der Waals surface area contributed by atoms with Gasteiger partial charge in [0.1, 0.15) is 11.6 Å². The predicted molar refractivity (Wildman–Crippen MR) is 58.6 cm³/mol. The zero-order valence-electron chi connectivity index (χ0n) is 9.27. The maximum absolute atomic E-state index is 11.7. The molecule has 1 aromatic heterocycles. The maximum atomic E-state index is 11.7. The molecule has 82 valence electrons. The summed E-state index contributed by atoms with van der Waals surface area (Å²) in [5.74, 6) is 4.16. The van der Waals surface area contributed by atoms with Crippen molar-refractivity contribution in [2.45, 2.75) is 20.3 Å². The number of rotatable bonds is 1. The van der Waals surface area contributed by atoms with Crippen molar-refractivity contribution >= 4 is 11.9 Å². The van der Waals surface area contributed by atoms with Crippen molar-refractivity contribution in [3.63, 3.8) is 0 Å². The van der Waals surface area contributed by atoms with E-state index in [4.69, 9.17) is 6.42 Å². The van der Waals surface area contributed by atoms with Gasteiger partial charge in [0.2, 0.25) is 11.9 Å². The fourth-order valence-corrected chi connectivity index (χ4v) is 1.73. The summed E-state index contributed by atoms with van der Waals surface area (Å²) >= 11 is 0. The van der Waals surface area contributed by atoms with E-state index in [-0.39, 0.29) is 11.8 Å². The lowest BCUT2D eigenvalue weighted by molar-refractivity contribution is -0.117. The molecular weight excluding hydrogens is 204 g/mol. The summed E-state index contributed by atoms with van der Waals surface area (Å²) in [6.45, 7) is 4.05. The van der Waals surface area contributed by atoms with Crippen molar-refractivity contribution in [1.82, 2.24) is 15.0 Å². The number of aryl methyl sites for hydroxylation is 2. The summed E-state index contributed by atoms with van der Waals surface area (Å²) in [7, 11) is 0. The minimum Gasteiger partial charge on any atom is -0.279 e. The van der Waals surface area contributed by atoms with Gasteiger partial charge in [-0.2, -0.15) is 9.97 Å². The largest absolute Gasteiger partial charge is 0.279 e. The van der Waals surface area contributed by atoms with E-state index in [1.54, 1.807) is 13.8 Å². The highest BCUT2D eigenvalue weighted by Gasteiger charge is 2.31. The van der Waals surface area contributed by atoms with Gasteiger partial charge < -0.3 is 0 Å². The zero-order chi connectivity index (χ0) is 11.7. The fourth-order valence-electron chi connectivity index (χ4n) is 1.73. The third-order valence-corrected chi connectivity index (χ3v) is 2.45. The number of nitrogens with zero attached hydrogens (tertiary/aromatic N) is 4. The first-order valence-electron chi connectivity index (χ1n) is 5.06. The van der Waals surface area contributed by atoms with Crippen LogP contribution in [0.5, 0.6) is 0 Å². The smallest absolute Gasteiger partial charge is 0.235 e. The first-order valence-corrected chi connectivity index (χ1v) is 5.06. The lowest BCUT2D eigenvalue weighted by Gasteiger charge is -2.13. The third kappa shape index (κ3) is 1.87. The molecule has 1 amide bonds. The highest BCUT2D eigenvalue weighted by atomic mass is 16.2. The molecule has 1 saturated heterocycles. The molecule has 1 aliphatic heterocycles. The molecule has 0 bridgehead atoms. The molecule has 2 rings (SSSR count). The maximum Gasteiger partial charge on any atom is 0.235 e. The molecule has 16 heavy (non-hydrogen) atoms. The predicted octanol–water partition coefficient (Wildman–Crippen LogP) is 0.475. The van der Waals surface area contributed by atoms with E-state index in [9.17, 15) is 4.79 Å². The summed E-state index contributed by atoms with van der Waals surface area (Å²) in [5.41, 5.74) is 0. The standard InChI is InChI=1S/C11H12N4O/c1-4-9-5-10(16)15(6-9)11-13-7(2)12-8(3)14-11/h1,9H,5-6H2,2-3H3. The highest BCUT2D eigenvalue weighted by molar-refractivity contribution is 5.94. The van der Waals surface area contributed by atoms with Gasteiger partial charge in [0.15, 0.2) is 0 Å². The minimum absolute atomic E-state index is 0.0204. The average Bonchev–Trinajstić information content (AvgIpc) is 2.58. The van der Waals surface area contributed by atoms with Crippen LogP contribution >= 0.6 is 0 Å². The van der Waals surface area contributed by atoms with Crippen LogP contribution in [-0.2, 0) is 4.79 Å². The van der Waals surface area contributed by atoms with Gasteiger partial charge in [0, 0.05) is 18.9 Å². The number of amides is 1. The lowest BCUT2D eigenvalue weighted by atomic mass is 10.1. The first-order chi connectivity index (χ1) is 7.60. The molecule has 0 spiro atoms. The van der Waals surface area contributed by atoms with E-state index in [0.29, 0.717) is 30.6 Å². The Labute approximate surface area is 93.9 Å². The Bertz CT molecular complexity index is 457. The molecule has 1 fully saturated rings. The summed E-state index contributed by atoms with van der Waals surface area (Å²) in [6.07, 6.45) is 5.69. The van der Waals surface area contributed by atoms with Gasteiger partial charge in [0.05, 0.1) is 0 Å². The summed E-state index contributed by atoms with van der Waals surface area (Å²) in [6, 6.07) is 0. The van der Waals surface area contributed by atoms with E-state index in [2.05, 4.69) is 20.9 Å². The summed E-state index contributed by atoms with van der Waals surface area (Å²) < 4.78 is 0. The van der Waals surface area contributed by atoms with Gasteiger partial charge in [0.25, 0.3) is 0 Å².